The summed E-state index contributed by atoms with van der Waals surface area (Å²) in [6, 6.07) is 8.26. The third-order valence-corrected chi connectivity index (χ3v) is 4.69. The van der Waals surface area contributed by atoms with Gasteiger partial charge in [0.2, 0.25) is 5.95 Å². The topological polar surface area (TPSA) is 56.8 Å². The fourth-order valence-electron chi connectivity index (χ4n) is 3.37. The van der Waals surface area contributed by atoms with Gasteiger partial charge in [-0.2, -0.15) is 4.98 Å². The van der Waals surface area contributed by atoms with Crippen LogP contribution in [0, 0.1) is 5.92 Å². The van der Waals surface area contributed by atoms with Crippen molar-refractivity contribution in [3.05, 3.63) is 29.3 Å². The molecule has 2 fully saturated rings. The Kier molecular flexibility index (Phi) is 3.31. The van der Waals surface area contributed by atoms with Crippen LogP contribution in [0.3, 0.4) is 0 Å². The Bertz CT molecular complexity index is 626. The summed E-state index contributed by atoms with van der Waals surface area (Å²) in [6.07, 6.45) is 2.58. The lowest BCUT2D eigenvalue weighted by Crippen LogP contribution is -2.40. The van der Waals surface area contributed by atoms with E-state index < -0.39 is 0 Å². The Morgan fingerprint density at radius 1 is 1.29 bits per heavy atom. The lowest BCUT2D eigenvalue weighted by atomic mass is 9.94. The number of piperidine rings is 1. The minimum atomic E-state index is 0.590. The summed E-state index contributed by atoms with van der Waals surface area (Å²) >= 11 is 6.03. The van der Waals surface area contributed by atoms with Crippen LogP contribution >= 0.6 is 11.6 Å². The second-order valence-corrected chi connectivity index (χ2v) is 6.30. The molecule has 2 N–H and O–H groups in total. The summed E-state index contributed by atoms with van der Waals surface area (Å²) in [4.78, 5) is 6.91. The first-order chi connectivity index (χ1) is 10.3. The maximum atomic E-state index is 6.03. The molecule has 21 heavy (non-hydrogen) atoms. The van der Waals surface area contributed by atoms with Gasteiger partial charge in [0.25, 0.3) is 0 Å². The maximum absolute atomic E-state index is 6.03. The standard InChI is InChI=1S/C15H18ClN5/c16-12-5-1-3-10(7-12)14-18-15(20-19-14)21-8-11-4-2-6-17-13(11)9-21/h1,3,5,7,11,13,17H,2,4,6,8-9H2,(H,18,19,20). The maximum Gasteiger partial charge on any atom is 0.245 e. The van der Waals surface area contributed by atoms with Gasteiger partial charge in [0.15, 0.2) is 5.82 Å². The molecule has 2 unspecified atom stereocenters. The first kappa shape index (κ1) is 13.1. The van der Waals surface area contributed by atoms with Gasteiger partial charge in [-0.25, -0.2) is 0 Å². The molecule has 0 amide bonds. The van der Waals surface area contributed by atoms with Crippen molar-refractivity contribution in [2.24, 2.45) is 5.92 Å². The van der Waals surface area contributed by atoms with Gasteiger partial charge >= 0.3 is 0 Å². The molecule has 0 saturated carbocycles. The lowest BCUT2D eigenvalue weighted by Gasteiger charge is -2.24. The van der Waals surface area contributed by atoms with Crippen LogP contribution in [0.25, 0.3) is 11.4 Å². The van der Waals surface area contributed by atoms with Crippen molar-refractivity contribution in [3.63, 3.8) is 0 Å². The molecule has 6 heteroatoms. The average molecular weight is 304 g/mol. The molecule has 2 aromatic rings. The Labute approximate surface area is 128 Å². The normalized spacial score (nSPS) is 25.1. The molecule has 0 spiro atoms. The van der Waals surface area contributed by atoms with Gasteiger partial charge in [-0.15, -0.1) is 5.10 Å². The van der Waals surface area contributed by atoms with Crippen LogP contribution in [0.1, 0.15) is 12.8 Å². The Morgan fingerprint density at radius 2 is 2.24 bits per heavy atom. The number of aromatic nitrogens is 3. The van der Waals surface area contributed by atoms with Gasteiger partial charge in [0, 0.05) is 29.7 Å². The van der Waals surface area contributed by atoms with Crippen molar-refractivity contribution >= 4 is 17.5 Å². The minimum Gasteiger partial charge on any atom is -0.338 e. The van der Waals surface area contributed by atoms with Gasteiger partial charge in [-0.1, -0.05) is 23.7 Å². The van der Waals surface area contributed by atoms with Crippen molar-refractivity contribution in [1.29, 1.82) is 0 Å². The van der Waals surface area contributed by atoms with Crippen LogP contribution in [0.15, 0.2) is 24.3 Å². The van der Waals surface area contributed by atoms with E-state index in [1.807, 2.05) is 24.3 Å². The molecule has 110 valence electrons. The summed E-state index contributed by atoms with van der Waals surface area (Å²) in [6.45, 7) is 3.18. The molecule has 1 aromatic heterocycles. The molecular weight excluding hydrogens is 286 g/mol. The molecule has 3 heterocycles. The van der Waals surface area contributed by atoms with Crippen LogP contribution in [-0.4, -0.2) is 40.9 Å². The van der Waals surface area contributed by atoms with Crippen molar-refractivity contribution in [2.75, 3.05) is 24.5 Å². The zero-order valence-electron chi connectivity index (χ0n) is 11.7. The van der Waals surface area contributed by atoms with E-state index in [0.29, 0.717) is 11.1 Å². The van der Waals surface area contributed by atoms with Crippen LogP contribution in [0.2, 0.25) is 5.02 Å². The van der Waals surface area contributed by atoms with Gasteiger partial charge in [-0.3, -0.25) is 5.10 Å². The Hall–Kier alpha value is -1.59. The van der Waals surface area contributed by atoms with Gasteiger partial charge in [-0.05, 0) is 37.4 Å². The fourth-order valence-corrected chi connectivity index (χ4v) is 3.56. The first-order valence-corrected chi connectivity index (χ1v) is 7.84. The van der Waals surface area contributed by atoms with E-state index in [1.165, 1.54) is 12.8 Å². The zero-order chi connectivity index (χ0) is 14.2. The minimum absolute atomic E-state index is 0.590. The molecule has 2 aliphatic heterocycles. The van der Waals surface area contributed by atoms with E-state index in [4.69, 9.17) is 11.6 Å². The zero-order valence-corrected chi connectivity index (χ0v) is 12.5. The highest BCUT2D eigenvalue weighted by atomic mass is 35.5. The molecule has 2 saturated heterocycles. The highest BCUT2D eigenvalue weighted by Crippen LogP contribution is 2.28. The number of halogens is 1. The Morgan fingerprint density at radius 3 is 3.10 bits per heavy atom. The monoisotopic (exact) mass is 303 g/mol. The summed E-state index contributed by atoms with van der Waals surface area (Å²) in [5, 5.41) is 11.7. The Balaban J connectivity index is 1.55. The molecule has 5 nitrogen and oxygen atoms in total. The number of nitrogens with one attached hydrogen (secondary N) is 2. The fraction of sp³-hybridized carbons (Fsp3) is 0.467. The predicted octanol–water partition coefficient (Wildman–Crippen LogP) is 2.31. The van der Waals surface area contributed by atoms with Crippen LogP contribution in [-0.2, 0) is 0 Å². The third-order valence-electron chi connectivity index (χ3n) is 4.45. The number of benzene rings is 1. The van der Waals surface area contributed by atoms with Crippen molar-refractivity contribution in [2.45, 2.75) is 18.9 Å². The summed E-state index contributed by atoms with van der Waals surface area (Å²) in [5.41, 5.74) is 0.969. The predicted molar refractivity (Wildman–Crippen MR) is 83.6 cm³/mol. The summed E-state index contributed by atoms with van der Waals surface area (Å²) in [5.74, 6) is 2.29. The van der Waals surface area contributed by atoms with Gasteiger partial charge < -0.3 is 10.2 Å². The number of hydrogen-bond donors (Lipinski definition) is 2. The molecule has 0 bridgehead atoms. The molecular formula is C15H18ClN5. The van der Waals surface area contributed by atoms with E-state index in [2.05, 4.69) is 25.4 Å². The highest BCUT2D eigenvalue weighted by molar-refractivity contribution is 6.30. The third kappa shape index (κ3) is 2.51. The molecule has 0 aliphatic carbocycles. The SMILES string of the molecule is Clc1cccc(-c2nc(N3CC4CCCNC4C3)n[nH]2)c1. The number of aromatic amines is 1. The average Bonchev–Trinajstić information content (AvgIpc) is 3.14. The van der Waals surface area contributed by atoms with E-state index in [0.717, 1.165) is 42.9 Å². The molecule has 4 rings (SSSR count). The molecule has 2 aliphatic rings. The van der Waals surface area contributed by atoms with Crippen LogP contribution < -0.4 is 10.2 Å². The quantitative estimate of drug-likeness (QED) is 0.894. The number of anilines is 1. The van der Waals surface area contributed by atoms with E-state index in [-0.39, 0.29) is 0 Å². The molecule has 1 aromatic carbocycles. The van der Waals surface area contributed by atoms with Crippen molar-refractivity contribution in [3.8, 4) is 11.4 Å². The van der Waals surface area contributed by atoms with Gasteiger partial charge in [0.05, 0.1) is 0 Å². The largest absolute Gasteiger partial charge is 0.338 e. The molecule has 0 radical (unpaired) electrons. The van der Waals surface area contributed by atoms with E-state index in [1.54, 1.807) is 0 Å². The number of nitrogens with zero attached hydrogens (tertiary/aromatic N) is 3. The number of hydrogen-bond acceptors (Lipinski definition) is 4. The van der Waals surface area contributed by atoms with E-state index in [9.17, 15) is 0 Å². The van der Waals surface area contributed by atoms with Crippen molar-refractivity contribution < 1.29 is 0 Å². The number of H-pyrrole nitrogens is 1. The van der Waals surface area contributed by atoms with Crippen LogP contribution in [0.5, 0.6) is 0 Å². The summed E-state index contributed by atoms with van der Waals surface area (Å²) in [7, 11) is 0. The second kappa shape index (κ2) is 5.31. The molecule has 2 atom stereocenters. The van der Waals surface area contributed by atoms with Gasteiger partial charge in [0.1, 0.15) is 0 Å². The lowest BCUT2D eigenvalue weighted by molar-refractivity contribution is 0.340. The van der Waals surface area contributed by atoms with Crippen molar-refractivity contribution in [1.82, 2.24) is 20.5 Å². The first-order valence-electron chi connectivity index (χ1n) is 7.46. The number of fused-ring (bicyclic) bond motifs is 1. The van der Waals surface area contributed by atoms with E-state index >= 15 is 0 Å². The highest BCUT2D eigenvalue weighted by Gasteiger charge is 2.35. The number of rotatable bonds is 2. The van der Waals surface area contributed by atoms with Crippen LogP contribution in [0.4, 0.5) is 5.95 Å². The smallest absolute Gasteiger partial charge is 0.245 e. The second-order valence-electron chi connectivity index (χ2n) is 5.86. The summed E-state index contributed by atoms with van der Waals surface area (Å²) < 4.78 is 0.